The predicted octanol–water partition coefficient (Wildman–Crippen LogP) is 4.96. The number of halogens is 3. The summed E-state index contributed by atoms with van der Waals surface area (Å²) < 4.78 is 39.0. The number of amides is 1. The summed E-state index contributed by atoms with van der Waals surface area (Å²) in [6, 6.07) is 12.6. The third-order valence-corrected chi connectivity index (χ3v) is 5.66. The third-order valence-electron chi connectivity index (χ3n) is 4.56. The highest BCUT2D eigenvalue weighted by Crippen LogP contribution is 2.37. The van der Waals surface area contributed by atoms with Crippen molar-refractivity contribution in [2.45, 2.75) is 23.9 Å². The second kappa shape index (κ2) is 6.46. The quantitative estimate of drug-likeness (QED) is 0.705. The molecule has 1 unspecified atom stereocenters. The Morgan fingerprint density at radius 1 is 1.12 bits per heavy atom. The zero-order valence-corrected chi connectivity index (χ0v) is 14.5. The van der Waals surface area contributed by atoms with Gasteiger partial charge in [0.15, 0.2) is 0 Å². The van der Waals surface area contributed by atoms with Crippen LogP contribution in [0.2, 0.25) is 0 Å². The van der Waals surface area contributed by atoms with Gasteiger partial charge in [-0.3, -0.25) is 4.79 Å². The number of hydrogen-bond acceptors (Lipinski definition) is 3. The van der Waals surface area contributed by atoms with Gasteiger partial charge >= 0.3 is 6.18 Å². The summed E-state index contributed by atoms with van der Waals surface area (Å²) >= 11 is 1.72. The van der Waals surface area contributed by atoms with E-state index in [4.69, 9.17) is 0 Å². The van der Waals surface area contributed by atoms with Crippen molar-refractivity contribution in [1.82, 2.24) is 0 Å². The molecule has 0 radical (unpaired) electrons. The molecular formula is C19H15F3N2OS. The van der Waals surface area contributed by atoms with E-state index in [2.05, 4.69) is 5.10 Å². The lowest BCUT2D eigenvalue weighted by atomic mass is 9.90. The first-order valence-corrected chi connectivity index (χ1v) is 9.23. The van der Waals surface area contributed by atoms with Gasteiger partial charge in [-0.15, -0.1) is 11.8 Å². The maximum absolute atomic E-state index is 13.0. The lowest BCUT2D eigenvalue weighted by molar-refractivity contribution is -0.137. The minimum atomic E-state index is -4.46. The topological polar surface area (TPSA) is 32.7 Å². The van der Waals surface area contributed by atoms with E-state index >= 15 is 0 Å². The maximum atomic E-state index is 13.0. The van der Waals surface area contributed by atoms with Gasteiger partial charge in [-0.05, 0) is 36.4 Å². The lowest BCUT2D eigenvalue weighted by Gasteiger charge is -2.29. The van der Waals surface area contributed by atoms with Gasteiger partial charge in [-0.1, -0.05) is 24.3 Å². The Morgan fingerprint density at radius 3 is 2.73 bits per heavy atom. The molecule has 0 saturated carbocycles. The molecular weight excluding hydrogens is 361 g/mol. The van der Waals surface area contributed by atoms with E-state index in [-0.39, 0.29) is 23.9 Å². The fourth-order valence-electron chi connectivity index (χ4n) is 3.28. The molecule has 2 aromatic carbocycles. The number of anilines is 1. The fourth-order valence-corrected chi connectivity index (χ4v) is 4.41. The number of carbonyl (C=O) groups excluding carboxylic acids is 1. The first kappa shape index (κ1) is 17.1. The van der Waals surface area contributed by atoms with Gasteiger partial charge in [0.1, 0.15) is 0 Å². The standard InChI is InChI=1S/C19H15F3N2OS/c20-19(21,22)13-4-3-5-14(11-13)24-17(25)10-12-8-9-26-16-7-2-1-6-15(16)18(12)23-24/h1-7,11-12H,8-10H2. The van der Waals surface area contributed by atoms with Crippen LogP contribution in [0, 0.1) is 5.92 Å². The molecule has 0 fully saturated rings. The molecule has 0 bridgehead atoms. The average Bonchev–Trinajstić information content (AvgIpc) is 2.79. The molecule has 2 aliphatic heterocycles. The normalized spacial score (nSPS) is 20.1. The minimum Gasteiger partial charge on any atom is -0.273 e. The molecule has 0 aliphatic carbocycles. The van der Waals surface area contributed by atoms with Crippen molar-refractivity contribution in [3.05, 3.63) is 59.7 Å². The largest absolute Gasteiger partial charge is 0.416 e. The summed E-state index contributed by atoms with van der Waals surface area (Å²) in [6.07, 6.45) is -3.39. The molecule has 1 amide bonds. The van der Waals surface area contributed by atoms with E-state index in [1.165, 1.54) is 12.1 Å². The molecule has 26 heavy (non-hydrogen) atoms. The van der Waals surface area contributed by atoms with E-state index in [9.17, 15) is 18.0 Å². The number of fused-ring (bicyclic) bond motifs is 3. The van der Waals surface area contributed by atoms with Crippen LogP contribution in [0.5, 0.6) is 0 Å². The number of rotatable bonds is 1. The third kappa shape index (κ3) is 3.11. The summed E-state index contributed by atoms with van der Waals surface area (Å²) in [4.78, 5) is 13.7. The molecule has 3 nitrogen and oxygen atoms in total. The van der Waals surface area contributed by atoms with Crippen LogP contribution in [0.25, 0.3) is 0 Å². The van der Waals surface area contributed by atoms with E-state index in [1.807, 2.05) is 24.3 Å². The van der Waals surface area contributed by atoms with Gasteiger partial charge in [0.05, 0.1) is 17.0 Å². The molecule has 2 heterocycles. The number of nitrogens with zero attached hydrogens (tertiary/aromatic N) is 2. The van der Waals surface area contributed by atoms with Gasteiger partial charge in [0.2, 0.25) is 5.91 Å². The van der Waals surface area contributed by atoms with Crippen molar-refractivity contribution in [1.29, 1.82) is 0 Å². The number of carbonyl (C=O) groups is 1. The highest BCUT2D eigenvalue weighted by atomic mass is 32.2. The zero-order valence-electron chi connectivity index (χ0n) is 13.7. The highest BCUT2D eigenvalue weighted by Gasteiger charge is 2.35. The minimum absolute atomic E-state index is 0.000647. The van der Waals surface area contributed by atoms with Crippen molar-refractivity contribution in [3.63, 3.8) is 0 Å². The lowest BCUT2D eigenvalue weighted by Crippen LogP contribution is -2.37. The number of thioether (sulfide) groups is 1. The summed E-state index contributed by atoms with van der Waals surface area (Å²) in [6.45, 7) is 0. The Kier molecular flexibility index (Phi) is 4.26. The molecule has 0 saturated heterocycles. The Labute approximate surface area is 152 Å². The van der Waals surface area contributed by atoms with Crippen molar-refractivity contribution < 1.29 is 18.0 Å². The zero-order chi connectivity index (χ0) is 18.3. The SMILES string of the molecule is O=C1CC2CCSc3ccccc3C2=NN1c1cccc(C(F)(F)F)c1. The molecule has 0 aromatic heterocycles. The highest BCUT2D eigenvalue weighted by molar-refractivity contribution is 7.99. The van der Waals surface area contributed by atoms with Crippen LogP contribution in [0.15, 0.2) is 58.5 Å². The van der Waals surface area contributed by atoms with Crippen molar-refractivity contribution in [2.75, 3.05) is 10.8 Å². The Bertz CT molecular complexity index is 894. The molecule has 0 N–H and O–H groups in total. The van der Waals surface area contributed by atoms with E-state index in [1.54, 1.807) is 11.8 Å². The van der Waals surface area contributed by atoms with Gasteiger partial charge in [-0.25, -0.2) is 5.01 Å². The van der Waals surface area contributed by atoms with E-state index in [0.717, 1.165) is 45.5 Å². The van der Waals surface area contributed by atoms with Gasteiger partial charge in [-0.2, -0.15) is 18.3 Å². The van der Waals surface area contributed by atoms with Crippen LogP contribution in [0.3, 0.4) is 0 Å². The van der Waals surface area contributed by atoms with E-state index in [0.29, 0.717) is 0 Å². The Hall–Kier alpha value is -2.28. The first-order chi connectivity index (χ1) is 12.4. The molecule has 1 atom stereocenters. The smallest absolute Gasteiger partial charge is 0.273 e. The second-order valence-corrected chi connectivity index (χ2v) is 7.41. The number of benzene rings is 2. The van der Waals surface area contributed by atoms with Crippen LogP contribution in [0.1, 0.15) is 24.0 Å². The maximum Gasteiger partial charge on any atom is 0.416 e. The van der Waals surface area contributed by atoms with Crippen LogP contribution >= 0.6 is 11.8 Å². The Balaban J connectivity index is 1.80. The van der Waals surface area contributed by atoms with E-state index < -0.39 is 11.7 Å². The summed E-state index contributed by atoms with van der Waals surface area (Å²) in [7, 11) is 0. The molecule has 2 aromatic rings. The molecule has 7 heteroatoms. The summed E-state index contributed by atoms with van der Waals surface area (Å²) in [5.74, 6) is 0.612. The monoisotopic (exact) mass is 376 g/mol. The Morgan fingerprint density at radius 2 is 1.92 bits per heavy atom. The first-order valence-electron chi connectivity index (χ1n) is 8.24. The van der Waals surface area contributed by atoms with Crippen molar-refractivity contribution in [2.24, 2.45) is 11.0 Å². The average molecular weight is 376 g/mol. The summed E-state index contributed by atoms with van der Waals surface area (Å²) in [5.41, 5.74) is 1.10. The van der Waals surface area contributed by atoms with Crippen LogP contribution in [-0.4, -0.2) is 17.4 Å². The summed E-state index contributed by atoms with van der Waals surface area (Å²) in [5, 5.41) is 5.62. The van der Waals surface area contributed by atoms with Crippen molar-refractivity contribution >= 4 is 29.1 Å². The van der Waals surface area contributed by atoms with Gasteiger partial charge < -0.3 is 0 Å². The molecule has 134 valence electrons. The second-order valence-electron chi connectivity index (χ2n) is 6.27. The molecule has 4 rings (SSSR count). The van der Waals surface area contributed by atoms with Gasteiger partial charge in [0.25, 0.3) is 0 Å². The number of hydrazone groups is 1. The van der Waals surface area contributed by atoms with Crippen molar-refractivity contribution in [3.8, 4) is 0 Å². The van der Waals surface area contributed by atoms with Crippen LogP contribution in [0.4, 0.5) is 18.9 Å². The molecule has 2 aliphatic rings. The van der Waals surface area contributed by atoms with Crippen LogP contribution < -0.4 is 5.01 Å². The number of hydrogen-bond donors (Lipinski definition) is 0. The predicted molar refractivity (Wildman–Crippen MR) is 95.4 cm³/mol. The number of alkyl halides is 3. The van der Waals surface area contributed by atoms with Crippen LogP contribution in [-0.2, 0) is 11.0 Å². The molecule has 0 spiro atoms. The fraction of sp³-hybridized carbons (Fsp3) is 0.263. The van der Waals surface area contributed by atoms with Gasteiger partial charge in [0, 0.05) is 22.8 Å².